The van der Waals surface area contributed by atoms with Crippen LogP contribution < -0.4 is 5.32 Å². The van der Waals surface area contributed by atoms with Crippen LogP contribution in [0.5, 0.6) is 0 Å². The summed E-state index contributed by atoms with van der Waals surface area (Å²) in [6, 6.07) is 10.8. The van der Waals surface area contributed by atoms with Crippen LogP contribution in [0.3, 0.4) is 0 Å². The number of likely N-dealkylation sites (tertiary alicyclic amines) is 1. The molecule has 25 heavy (non-hydrogen) atoms. The van der Waals surface area contributed by atoms with Crippen molar-refractivity contribution < 1.29 is 9.59 Å². The molecule has 2 aliphatic rings. The molecule has 0 aromatic heterocycles. The molecule has 4 heteroatoms. The van der Waals surface area contributed by atoms with Crippen molar-refractivity contribution in [3.8, 4) is 0 Å². The van der Waals surface area contributed by atoms with E-state index in [0.717, 1.165) is 19.5 Å². The van der Waals surface area contributed by atoms with E-state index in [-0.39, 0.29) is 17.7 Å². The first-order chi connectivity index (χ1) is 12.1. The van der Waals surface area contributed by atoms with Crippen molar-refractivity contribution in [2.75, 3.05) is 19.6 Å². The molecule has 1 aliphatic heterocycles. The smallest absolute Gasteiger partial charge is 0.227 e. The van der Waals surface area contributed by atoms with E-state index in [1.807, 2.05) is 18.7 Å². The van der Waals surface area contributed by atoms with Crippen LogP contribution >= 0.6 is 0 Å². The first-order valence-corrected chi connectivity index (χ1v) is 9.67. The number of benzene rings is 1. The van der Waals surface area contributed by atoms with Crippen molar-refractivity contribution in [1.82, 2.24) is 10.2 Å². The lowest BCUT2D eigenvalue weighted by molar-refractivity contribution is -0.147. The van der Waals surface area contributed by atoms with Gasteiger partial charge in [-0.15, -0.1) is 0 Å². The van der Waals surface area contributed by atoms with Gasteiger partial charge in [0.1, 0.15) is 0 Å². The number of nitrogens with zero attached hydrogens (tertiary/aromatic N) is 1. The zero-order valence-electron chi connectivity index (χ0n) is 15.5. The number of hydrogen-bond acceptors (Lipinski definition) is 2. The highest BCUT2D eigenvalue weighted by molar-refractivity contribution is 5.81. The van der Waals surface area contributed by atoms with Crippen molar-refractivity contribution in [2.45, 2.75) is 51.9 Å². The van der Waals surface area contributed by atoms with Gasteiger partial charge in [0.25, 0.3) is 0 Å². The molecule has 1 saturated heterocycles. The summed E-state index contributed by atoms with van der Waals surface area (Å²) >= 11 is 0. The molecule has 2 atom stereocenters. The Bertz CT molecular complexity index is 608. The van der Waals surface area contributed by atoms with Crippen molar-refractivity contribution >= 4 is 11.8 Å². The quantitative estimate of drug-likeness (QED) is 0.862. The minimum Gasteiger partial charge on any atom is -0.355 e. The molecule has 1 aromatic carbocycles. The van der Waals surface area contributed by atoms with Crippen LogP contribution in [0.1, 0.15) is 57.4 Å². The maximum Gasteiger partial charge on any atom is 0.227 e. The molecule has 2 unspecified atom stereocenters. The van der Waals surface area contributed by atoms with E-state index in [1.165, 1.54) is 24.8 Å². The second-order valence-electron chi connectivity index (χ2n) is 7.81. The minimum absolute atomic E-state index is 0.0211. The average Bonchev–Trinajstić information content (AvgIpc) is 3.07. The van der Waals surface area contributed by atoms with E-state index >= 15 is 0 Å². The molecule has 1 heterocycles. The molecule has 136 valence electrons. The van der Waals surface area contributed by atoms with Gasteiger partial charge in [0, 0.05) is 31.5 Å². The maximum absolute atomic E-state index is 12.7. The number of rotatable bonds is 6. The van der Waals surface area contributed by atoms with Gasteiger partial charge < -0.3 is 10.2 Å². The van der Waals surface area contributed by atoms with Gasteiger partial charge in [0.05, 0.1) is 5.92 Å². The predicted molar refractivity (Wildman–Crippen MR) is 99.1 cm³/mol. The molecule has 2 amide bonds. The Hall–Kier alpha value is -1.84. The fraction of sp³-hybridized carbons (Fsp3) is 0.619. The average molecular weight is 342 g/mol. The van der Waals surface area contributed by atoms with Gasteiger partial charge in [-0.3, -0.25) is 9.59 Å². The Balaban J connectivity index is 1.51. The van der Waals surface area contributed by atoms with E-state index in [0.29, 0.717) is 24.3 Å². The summed E-state index contributed by atoms with van der Waals surface area (Å²) in [4.78, 5) is 26.2. The van der Waals surface area contributed by atoms with Crippen LogP contribution in [0.25, 0.3) is 0 Å². The van der Waals surface area contributed by atoms with Gasteiger partial charge in [-0.05, 0) is 37.2 Å². The Morgan fingerprint density at radius 3 is 2.60 bits per heavy atom. The van der Waals surface area contributed by atoms with Crippen LogP contribution in [0.15, 0.2) is 30.3 Å². The van der Waals surface area contributed by atoms with Gasteiger partial charge >= 0.3 is 0 Å². The number of hydrogen-bond donors (Lipinski definition) is 1. The fourth-order valence-electron chi connectivity index (χ4n) is 4.45. The molecule has 3 rings (SSSR count). The molecule has 1 aromatic rings. The summed E-state index contributed by atoms with van der Waals surface area (Å²) in [7, 11) is 0. The van der Waals surface area contributed by atoms with Crippen LogP contribution in [0.2, 0.25) is 0 Å². The van der Waals surface area contributed by atoms with E-state index < -0.39 is 0 Å². The lowest BCUT2D eigenvalue weighted by Crippen LogP contribution is -2.59. The van der Waals surface area contributed by atoms with Gasteiger partial charge in [0.15, 0.2) is 0 Å². The lowest BCUT2D eigenvalue weighted by atomic mass is 9.76. The third kappa shape index (κ3) is 3.88. The highest BCUT2D eigenvalue weighted by atomic mass is 16.2. The lowest BCUT2D eigenvalue weighted by Gasteiger charge is -2.49. The number of nitrogens with one attached hydrogen (secondary N) is 1. The number of carbonyl (C=O) groups excluding carboxylic acids is 2. The number of amides is 2. The third-order valence-corrected chi connectivity index (χ3v) is 6.05. The second kappa shape index (κ2) is 7.59. The van der Waals surface area contributed by atoms with Gasteiger partial charge in [-0.2, -0.15) is 0 Å². The first kappa shape index (κ1) is 18.0. The largest absolute Gasteiger partial charge is 0.355 e. The molecule has 2 fully saturated rings. The van der Waals surface area contributed by atoms with Crippen LogP contribution in [-0.2, 0) is 9.59 Å². The van der Waals surface area contributed by atoms with Crippen molar-refractivity contribution in [3.05, 3.63) is 35.9 Å². The zero-order valence-corrected chi connectivity index (χ0v) is 15.5. The maximum atomic E-state index is 12.7. The monoisotopic (exact) mass is 342 g/mol. The molecule has 1 saturated carbocycles. The summed E-state index contributed by atoms with van der Waals surface area (Å²) in [5.41, 5.74) is 1.78. The molecule has 1 aliphatic carbocycles. The van der Waals surface area contributed by atoms with Gasteiger partial charge in [-0.1, -0.05) is 44.2 Å². The van der Waals surface area contributed by atoms with E-state index in [4.69, 9.17) is 0 Å². The highest BCUT2D eigenvalue weighted by Crippen LogP contribution is 2.51. The zero-order chi connectivity index (χ0) is 17.9. The van der Waals surface area contributed by atoms with Crippen molar-refractivity contribution in [2.24, 2.45) is 11.3 Å². The van der Waals surface area contributed by atoms with Crippen LogP contribution in [-0.4, -0.2) is 36.3 Å². The number of carbonyl (C=O) groups is 2. The van der Waals surface area contributed by atoms with E-state index in [1.54, 1.807) is 0 Å². The van der Waals surface area contributed by atoms with Gasteiger partial charge in [0.2, 0.25) is 11.8 Å². The predicted octanol–water partition coefficient (Wildman–Crippen LogP) is 3.34. The molecule has 0 radical (unpaired) electrons. The molecule has 1 spiro atoms. The SMILES string of the molecule is CCC(=O)NCC(CC)C(=O)N1CC2(CCC(c3ccccc3)C2)C1. The van der Waals surface area contributed by atoms with E-state index in [2.05, 4.69) is 35.6 Å². The van der Waals surface area contributed by atoms with Crippen LogP contribution in [0.4, 0.5) is 0 Å². The molecular formula is C21H30N2O2. The Morgan fingerprint density at radius 2 is 1.96 bits per heavy atom. The summed E-state index contributed by atoms with van der Waals surface area (Å²) in [5.74, 6) is 0.795. The Morgan fingerprint density at radius 1 is 1.24 bits per heavy atom. The highest BCUT2D eigenvalue weighted by Gasteiger charge is 2.50. The molecular weight excluding hydrogens is 312 g/mol. The van der Waals surface area contributed by atoms with Gasteiger partial charge in [-0.25, -0.2) is 0 Å². The van der Waals surface area contributed by atoms with E-state index in [9.17, 15) is 9.59 Å². The summed E-state index contributed by atoms with van der Waals surface area (Å²) in [6.45, 7) is 6.12. The molecule has 1 N–H and O–H groups in total. The summed E-state index contributed by atoms with van der Waals surface area (Å²) in [5, 5.41) is 2.87. The molecule has 0 bridgehead atoms. The third-order valence-electron chi connectivity index (χ3n) is 6.05. The Labute approximate surface area is 151 Å². The standard InChI is InChI=1S/C21H30N2O2/c1-3-16(13-22-19(24)4-2)20(25)23-14-21(15-23)11-10-18(12-21)17-8-6-5-7-9-17/h5-9,16,18H,3-4,10-15H2,1-2H3,(H,22,24). The first-order valence-electron chi connectivity index (χ1n) is 9.67. The van der Waals surface area contributed by atoms with Crippen molar-refractivity contribution in [1.29, 1.82) is 0 Å². The minimum atomic E-state index is -0.0841. The van der Waals surface area contributed by atoms with Crippen LogP contribution in [0, 0.1) is 11.3 Å². The normalized spacial score (nSPS) is 22.5. The van der Waals surface area contributed by atoms with Crippen molar-refractivity contribution in [3.63, 3.8) is 0 Å². The Kier molecular flexibility index (Phi) is 5.45. The molecule has 4 nitrogen and oxygen atoms in total. The topological polar surface area (TPSA) is 49.4 Å². The summed E-state index contributed by atoms with van der Waals surface area (Å²) < 4.78 is 0. The fourth-order valence-corrected chi connectivity index (χ4v) is 4.45. The second-order valence-corrected chi connectivity index (χ2v) is 7.81. The summed E-state index contributed by atoms with van der Waals surface area (Å²) in [6.07, 6.45) is 4.90.